The Bertz CT molecular complexity index is 1070. The minimum Gasteiger partial charge on any atom is -0.488 e. The smallest absolute Gasteiger partial charge is 0.129 e. The van der Waals surface area contributed by atoms with Crippen molar-refractivity contribution < 1.29 is 4.74 Å². The zero-order chi connectivity index (χ0) is 17.8. The molecular weight excluding hydrogens is 320 g/mol. The van der Waals surface area contributed by atoms with Gasteiger partial charge in [-0.1, -0.05) is 54.6 Å². The van der Waals surface area contributed by atoms with Crippen LogP contribution in [0.5, 0.6) is 5.75 Å². The lowest BCUT2D eigenvalue weighted by Crippen LogP contribution is -2.00. The summed E-state index contributed by atoms with van der Waals surface area (Å²) in [6.45, 7) is 1.21. The number of hydrogen-bond donors (Lipinski definition) is 0. The molecule has 0 radical (unpaired) electrons. The van der Waals surface area contributed by atoms with Crippen LogP contribution in [-0.2, 0) is 13.2 Å². The highest BCUT2D eigenvalue weighted by Crippen LogP contribution is 2.28. The largest absolute Gasteiger partial charge is 0.488 e. The van der Waals surface area contributed by atoms with Gasteiger partial charge in [-0.15, -0.1) is 0 Å². The van der Waals surface area contributed by atoms with E-state index in [4.69, 9.17) is 4.74 Å². The van der Waals surface area contributed by atoms with E-state index in [1.807, 2.05) is 60.8 Å². The first kappa shape index (κ1) is 16.0. The van der Waals surface area contributed by atoms with Crippen LogP contribution in [0.4, 0.5) is 0 Å². The normalized spacial score (nSPS) is 10.6. The highest BCUT2D eigenvalue weighted by Gasteiger charge is 2.09. The van der Waals surface area contributed by atoms with E-state index in [0.717, 1.165) is 27.8 Å². The number of aromatic nitrogens is 1. The standard InChI is InChI=1S/C23H18N2O/c24-15-19-9-4-5-10-20(19)16-25-14-13-21-22(25)11-6-12-23(21)26-17-18-7-2-1-3-8-18/h1-14H,16-17H2. The number of nitriles is 1. The molecule has 0 aliphatic heterocycles. The molecule has 4 aromatic rings. The summed E-state index contributed by atoms with van der Waals surface area (Å²) in [6, 6.07) is 28.3. The second kappa shape index (κ2) is 7.16. The van der Waals surface area contributed by atoms with Crippen molar-refractivity contribution in [3.8, 4) is 11.8 Å². The topological polar surface area (TPSA) is 38.0 Å². The molecule has 0 atom stereocenters. The molecule has 1 aromatic heterocycles. The van der Waals surface area contributed by atoms with E-state index >= 15 is 0 Å². The molecular formula is C23H18N2O. The monoisotopic (exact) mass is 338 g/mol. The number of fused-ring (bicyclic) bond motifs is 1. The average Bonchev–Trinajstić information content (AvgIpc) is 3.11. The molecule has 0 spiro atoms. The van der Waals surface area contributed by atoms with Crippen LogP contribution in [0.1, 0.15) is 16.7 Å². The maximum absolute atomic E-state index is 9.30. The van der Waals surface area contributed by atoms with E-state index in [0.29, 0.717) is 18.7 Å². The molecule has 0 fully saturated rings. The molecule has 126 valence electrons. The van der Waals surface area contributed by atoms with Crippen LogP contribution in [0.3, 0.4) is 0 Å². The SMILES string of the molecule is N#Cc1ccccc1Cn1ccc2c(OCc3ccccc3)cccc21. The Kier molecular flexibility index (Phi) is 4.40. The third kappa shape index (κ3) is 3.18. The van der Waals surface area contributed by atoms with Gasteiger partial charge in [0.2, 0.25) is 0 Å². The molecule has 0 amide bonds. The van der Waals surface area contributed by atoms with Crippen LogP contribution >= 0.6 is 0 Å². The molecule has 4 rings (SSSR count). The summed E-state index contributed by atoms with van der Waals surface area (Å²) in [5.41, 5.74) is 3.98. The van der Waals surface area contributed by atoms with Gasteiger partial charge >= 0.3 is 0 Å². The first-order chi connectivity index (χ1) is 12.8. The van der Waals surface area contributed by atoms with E-state index in [2.05, 4.69) is 34.9 Å². The fourth-order valence-electron chi connectivity index (χ4n) is 3.15. The Balaban J connectivity index is 1.62. The fourth-order valence-corrected chi connectivity index (χ4v) is 3.15. The van der Waals surface area contributed by atoms with Crippen LogP contribution in [0, 0.1) is 11.3 Å². The Hall–Kier alpha value is -3.51. The van der Waals surface area contributed by atoms with Gasteiger partial charge in [0.15, 0.2) is 0 Å². The Morgan fingerprint density at radius 3 is 2.50 bits per heavy atom. The lowest BCUT2D eigenvalue weighted by molar-refractivity contribution is 0.310. The second-order valence-electron chi connectivity index (χ2n) is 6.18. The van der Waals surface area contributed by atoms with Gasteiger partial charge in [0.1, 0.15) is 12.4 Å². The van der Waals surface area contributed by atoms with Crippen molar-refractivity contribution in [1.29, 1.82) is 5.26 Å². The van der Waals surface area contributed by atoms with Crippen molar-refractivity contribution in [3.63, 3.8) is 0 Å². The lowest BCUT2D eigenvalue weighted by Gasteiger charge is -2.10. The van der Waals surface area contributed by atoms with Gasteiger partial charge in [-0.25, -0.2) is 0 Å². The number of nitrogens with zero attached hydrogens (tertiary/aromatic N) is 2. The number of benzene rings is 3. The van der Waals surface area contributed by atoms with Crippen LogP contribution < -0.4 is 4.74 Å². The molecule has 3 heteroatoms. The van der Waals surface area contributed by atoms with Crippen molar-refractivity contribution in [2.45, 2.75) is 13.2 Å². The molecule has 1 heterocycles. The highest BCUT2D eigenvalue weighted by atomic mass is 16.5. The molecule has 0 aliphatic carbocycles. The summed E-state index contributed by atoms with van der Waals surface area (Å²) < 4.78 is 8.20. The molecule has 0 bridgehead atoms. The van der Waals surface area contributed by atoms with Crippen LogP contribution in [0.15, 0.2) is 85.1 Å². The van der Waals surface area contributed by atoms with E-state index in [1.54, 1.807) is 0 Å². The molecule has 0 saturated carbocycles. The summed E-state index contributed by atoms with van der Waals surface area (Å²) in [5.74, 6) is 0.874. The molecule has 26 heavy (non-hydrogen) atoms. The minimum atomic E-state index is 0.544. The van der Waals surface area contributed by atoms with Gasteiger partial charge in [-0.2, -0.15) is 5.26 Å². The summed E-state index contributed by atoms with van der Waals surface area (Å²) in [4.78, 5) is 0. The van der Waals surface area contributed by atoms with Gasteiger partial charge in [0, 0.05) is 18.1 Å². The van der Waals surface area contributed by atoms with Gasteiger partial charge in [-0.05, 0) is 35.4 Å². The first-order valence-corrected chi connectivity index (χ1v) is 8.58. The lowest BCUT2D eigenvalue weighted by atomic mass is 10.1. The summed E-state index contributed by atoms with van der Waals surface area (Å²) in [5, 5.41) is 10.4. The van der Waals surface area contributed by atoms with E-state index < -0.39 is 0 Å². The number of hydrogen-bond acceptors (Lipinski definition) is 2. The van der Waals surface area contributed by atoms with Crippen molar-refractivity contribution in [2.75, 3.05) is 0 Å². The minimum absolute atomic E-state index is 0.544. The maximum atomic E-state index is 9.30. The second-order valence-corrected chi connectivity index (χ2v) is 6.18. The molecule has 0 N–H and O–H groups in total. The third-order valence-corrected chi connectivity index (χ3v) is 4.49. The summed E-state index contributed by atoms with van der Waals surface area (Å²) in [7, 11) is 0. The molecule has 0 aliphatic rings. The quantitative estimate of drug-likeness (QED) is 0.505. The van der Waals surface area contributed by atoms with Crippen LogP contribution in [-0.4, -0.2) is 4.57 Å². The zero-order valence-corrected chi connectivity index (χ0v) is 14.3. The van der Waals surface area contributed by atoms with Crippen LogP contribution in [0.2, 0.25) is 0 Å². The first-order valence-electron chi connectivity index (χ1n) is 8.58. The van der Waals surface area contributed by atoms with E-state index in [1.165, 1.54) is 0 Å². The van der Waals surface area contributed by atoms with Crippen LogP contribution in [0.25, 0.3) is 10.9 Å². The van der Waals surface area contributed by atoms with Crippen molar-refractivity contribution >= 4 is 10.9 Å². The Morgan fingerprint density at radius 1 is 0.846 bits per heavy atom. The van der Waals surface area contributed by atoms with Gasteiger partial charge in [0.05, 0.1) is 17.1 Å². The number of ether oxygens (including phenoxy) is 1. The summed E-state index contributed by atoms with van der Waals surface area (Å²) in [6.07, 6.45) is 2.05. The average molecular weight is 338 g/mol. The third-order valence-electron chi connectivity index (χ3n) is 4.49. The molecule has 3 nitrogen and oxygen atoms in total. The van der Waals surface area contributed by atoms with Crippen molar-refractivity contribution in [3.05, 3.63) is 102 Å². The van der Waals surface area contributed by atoms with Gasteiger partial charge < -0.3 is 9.30 Å². The molecule has 3 aromatic carbocycles. The maximum Gasteiger partial charge on any atom is 0.129 e. The van der Waals surface area contributed by atoms with Crippen molar-refractivity contribution in [1.82, 2.24) is 4.57 Å². The van der Waals surface area contributed by atoms with Gasteiger partial charge in [0.25, 0.3) is 0 Å². The molecule has 0 unspecified atom stereocenters. The number of rotatable bonds is 5. The fraction of sp³-hybridized carbons (Fsp3) is 0.0870. The predicted octanol–water partition coefficient (Wildman–Crippen LogP) is 5.14. The van der Waals surface area contributed by atoms with E-state index in [-0.39, 0.29) is 0 Å². The van der Waals surface area contributed by atoms with E-state index in [9.17, 15) is 5.26 Å². The highest BCUT2D eigenvalue weighted by molar-refractivity contribution is 5.86. The Labute approximate surface area is 152 Å². The summed E-state index contributed by atoms with van der Waals surface area (Å²) >= 11 is 0. The van der Waals surface area contributed by atoms with Crippen molar-refractivity contribution in [2.24, 2.45) is 0 Å². The zero-order valence-electron chi connectivity index (χ0n) is 14.3. The van der Waals surface area contributed by atoms with Gasteiger partial charge in [-0.3, -0.25) is 0 Å². The predicted molar refractivity (Wildman–Crippen MR) is 103 cm³/mol. The Morgan fingerprint density at radius 2 is 1.65 bits per heavy atom. The molecule has 0 saturated heterocycles.